The summed E-state index contributed by atoms with van der Waals surface area (Å²) in [5.41, 5.74) is 5.28. The molecule has 1 aromatic rings. The lowest BCUT2D eigenvalue weighted by atomic mass is 10.0. The molecule has 1 atom stereocenters. The van der Waals surface area contributed by atoms with Crippen molar-refractivity contribution < 1.29 is 9.53 Å². The third-order valence-corrected chi connectivity index (χ3v) is 2.45. The molecule has 1 saturated heterocycles. The number of morpholine rings is 1. The van der Waals surface area contributed by atoms with Gasteiger partial charge in [-0.15, -0.1) is 0 Å². The molecule has 0 bridgehead atoms. The Morgan fingerprint density at radius 1 is 1.40 bits per heavy atom. The lowest BCUT2D eigenvalue weighted by Gasteiger charge is -2.32. The number of carbonyl (C=O) groups excluding carboxylic acids is 1. The van der Waals surface area contributed by atoms with Crippen molar-refractivity contribution in [1.29, 1.82) is 0 Å². The first-order valence-electron chi connectivity index (χ1n) is 4.96. The van der Waals surface area contributed by atoms with Gasteiger partial charge in [-0.05, 0) is 0 Å². The van der Waals surface area contributed by atoms with Gasteiger partial charge in [-0.1, -0.05) is 30.3 Å². The normalized spacial score (nSPS) is 26.2. The summed E-state index contributed by atoms with van der Waals surface area (Å²) in [5.74, 6) is -0.171. The summed E-state index contributed by atoms with van der Waals surface area (Å²) in [6.45, 7) is 1.57. The van der Waals surface area contributed by atoms with Crippen LogP contribution in [0.15, 0.2) is 30.3 Å². The van der Waals surface area contributed by atoms with Gasteiger partial charge in [0.05, 0.1) is 6.61 Å². The minimum absolute atomic E-state index is 0.171. The van der Waals surface area contributed by atoms with Crippen molar-refractivity contribution in [3.63, 3.8) is 0 Å². The summed E-state index contributed by atoms with van der Waals surface area (Å²) in [7, 11) is 0. The summed E-state index contributed by atoms with van der Waals surface area (Å²) >= 11 is 0. The van der Waals surface area contributed by atoms with E-state index in [0.29, 0.717) is 18.7 Å². The quantitative estimate of drug-likeness (QED) is 0.676. The Kier molecular flexibility index (Phi) is 2.81. The number of hydrogen-bond acceptors (Lipinski definition) is 4. The average molecular weight is 206 g/mol. The molecule has 1 heterocycles. The van der Waals surface area contributed by atoms with Crippen LogP contribution in [0.25, 0.3) is 0 Å². The molecule has 80 valence electrons. The maximum atomic E-state index is 12.0. The van der Waals surface area contributed by atoms with Crippen LogP contribution in [0.4, 0.5) is 0 Å². The summed E-state index contributed by atoms with van der Waals surface area (Å²) in [4.78, 5) is 12.0. The third-order valence-electron chi connectivity index (χ3n) is 2.45. The number of ether oxygens (including phenoxy) is 1. The third kappa shape index (κ3) is 2.07. The van der Waals surface area contributed by atoms with E-state index in [4.69, 9.17) is 10.5 Å². The van der Waals surface area contributed by atoms with Crippen molar-refractivity contribution >= 4 is 5.78 Å². The largest absolute Gasteiger partial charge is 0.350 e. The van der Waals surface area contributed by atoms with Crippen molar-refractivity contribution in [2.45, 2.75) is 5.72 Å². The maximum absolute atomic E-state index is 12.0. The lowest BCUT2D eigenvalue weighted by Crippen LogP contribution is -2.61. The first kappa shape index (κ1) is 10.3. The van der Waals surface area contributed by atoms with Crippen LogP contribution in [0, 0.1) is 0 Å². The average Bonchev–Trinajstić information content (AvgIpc) is 2.30. The molecule has 0 spiro atoms. The maximum Gasteiger partial charge on any atom is 0.210 e. The van der Waals surface area contributed by atoms with E-state index in [1.807, 2.05) is 18.2 Å². The van der Waals surface area contributed by atoms with Gasteiger partial charge in [-0.25, -0.2) is 0 Å². The standard InChI is InChI=1S/C11H14N2O2/c12-11(8-13-6-7-15-11)10(14)9-4-2-1-3-5-9/h1-5,13H,6-8,12H2. The molecule has 4 nitrogen and oxygen atoms in total. The van der Waals surface area contributed by atoms with Gasteiger partial charge in [-0.3, -0.25) is 10.5 Å². The smallest absolute Gasteiger partial charge is 0.210 e. The van der Waals surface area contributed by atoms with E-state index in [-0.39, 0.29) is 5.78 Å². The molecule has 1 aliphatic rings. The van der Waals surface area contributed by atoms with Crippen LogP contribution in [0.5, 0.6) is 0 Å². The molecule has 0 radical (unpaired) electrons. The van der Waals surface area contributed by atoms with Crippen LogP contribution in [0.2, 0.25) is 0 Å². The van der Waals surface area contributed by atoms with E-state index < -0.39 is 5.72 Å². The van der Waals surface area contributed by atoms with Crippen molar-refractivity contribution in [2.24, 2.45) is 5.73 Å². The number of rotatable bonds is 2. The van der Waals surface area contributed by atoms with Crippen molar-refractivity contribution in [1.82, 2.24) is 5.32 Å². The van der Waals surface area contributed by atoms with Gasteiger partial charge < -0.3 is 10.1 Å². The van der Waals surface area contributed by atoms with E-state index in [9.17, 15) is 4.79 Å². The molecule has 1 fully saturated rings. The Balaban J connectivity index is 2.20. The number of ketones is 1. The zero-order valence-electron chi connectivity index (χ0n) is 8.40. The molecular formula is C11H14N2O2. The molecule has 3 N–H and O–H groups in total. The Morgan fingerprint density at radius 2 is 2.13 bits per heavy atom. The fourth-order valence-corrected chi connectivity index (χ4v) is 1.61. The molecule has 0 saturated carbocycles. The highest BCUT2D eigenvalue weighted by atomic mass is 16.5. The molecule has 4 heteroatoms. The summed E-state index contributed by atoms with van der Waals surface area (Å²) in [6.07, 6.45) is 0. The first-order valence-corrected chi connectivity index (χ1v) is 4.96. The van der Waals surface area contributed by atoms with Crippen LogP contribution in [0.3, 0.4) is 0 Å². The minimum Gasteiger partial charge on any atom is -0.350 e. The van der Waals surface area contributed by atoms with Gasteiger partial charge in [0.15, 0.2) is 5.72 Å². The molecule has 2 rings (SSSR count). The van der Waals surface area contributed by atoms with Crippen molar-refractivity contribution in [3.8, 4) is 0 Å². The lowest BCUT2D eigenvalue weighted by molar-refractivity contribution is -0.0395. The van der Waals surface area contributed by atoms with E-state index in [0.717, 1.165) is 6.54 Å². The monoisotopic (exact) mass is 206 g/mol. The van der Waals surface area contributed by atoms with E-state index in [1.54, 1.807) is 12.1 Å². The summed E-state index contributed by atoms with van der Waals surface area (Å²) in [5, 5.41) is 3.06. The van der Waals surface area contributed by atoms with Gasteiger partial charge in [-0.2, -0.15) is 0 Å². The molecule has 15 heavy (non-hydrogen) atoms. The number of nitrogens with one attached hydrogen (secondary N) is 1. The van der Waals surface area contributed by atoms with Crippen LogP contribution >= 0.6 is 0 Å². The summed E-state index contributed by atoms with van der Waals surface area (Å²) < 4.78 is 5.35. The van der Waals surface area contributed by atoms with Gasteiger partial charge in [0, 0.05) is 18.7 Å². The van der Waals surface area contributed by atoms with E-state index >= 15 is 0 Å². The van der Waals surface area contributed by atoms with Crippen LogP contribution in [-0.2, 0) is 4.74 Å². The molecule has 1 aromatic carbocycles. The molecule has 1 unspecified atom stereocenters. The Bertz CT molecular complexity index is 345. The topological polar surface area (TPSA) is 64.4 Å². The van der Waals surface area contributed by atoms with Gasteiger partial charge in [0.1, 0.15) is 0 Å². The number of hydrogen-bond donors (Lipinski definition) is 2. The van der Waals surface area contributed by atoms with E-state index in [2.05, 4.69) is 5.32 Å². The molecule has 0 amide bonds. The van der Waals surface area contributed by atoms with Crippen LogP contribution in [-0.4, -0.2) is 31.2 Å². The summed E-state index contributed by atoms with van der Waals surface area (Å²) in [6, 6.07) is 8.98. The Labute approximate surface area is 88.4 Å². The highest BCUT2D eigenvalue weighted by Crippen LogP contribution is 2.14. The molecule has 0 aromatic heterocycles. The van der Waals surface area contributed by atoms with E-state index in [1.165, 1.54) is 0 Å². The highest BCUT2D eigenvalue weighted by molar-refractivity contribution is 6.02. The molecule has 1 aliphatic heterocycles. The van der Waals surface area contributed by atoms with Gasteiger partial charge in [0.2, 0.25) is 5.78 Å². The number of carbonyl (C=O) groups is 1. The SMILES string of the molecule is NC1(C(=O)c2ccccc2)CNCCO1. The predicted molar refractivity (Wildman–Crippen MR) is 56.5 cm³/mol. The van der Waals surface area contributed by atoms with Crippen LogP contribution in [0.1, 0.15) is 10.4 Å². The number of Topliss-reactive ketones (excluding diaryl/α,β-unsaturated/α-hetero) is 1. The highest BCUT2D eigenvalue weighted by Gasteiger charge is 2.37. The van der Waals surface area contributed by atoms with Gasteiger partial charge in [0.25, 0.3) is 0 Å². The van der Waals surface area contributed by atoms with Crippen LogP contribution < -0.4 is 11.1 Å². The molecular weight excluding hydrogens is 192 g/mol. The first-order chi connectivity index (χ1) is 7.22. The Morgan fingerprint density at radius 3 is 2.73 bits per heavy atom. The minimum atomic E-state index is -1.21. The van der Waals surface area contributed by atoms with Gasteiger partial charge >= 0.3 is 0 Å². The molecule has 0 aliphatic carbocycles. The second-order valence-corrected chi connectivity index (χ2v) is 3.61. The second kappa shape index (κ2) is 4.10. The predicted octanol–water partition coefficient (Wildman–Crippen LogP) is 0.144. The zero-order valence-corrected chi connectivity index (χ0v) is 8.40. The zero-order chi connectivity index (χ0) is 10.7. The number of benzene rings is 1. The fourth-order valence-electron chi connectivity index (χ4n) is 1.61. The Hall–Kier alpha value is -1.23. The van der Waals surface area contributed by atoms with Crippen molar-refractivity contribution in [2.75, 3.05) is 19.7 Å². The number of nitrogens with two attached hydrogens (primary N) is 1. The van der Waals surface area contributed by atoms with Crippen molar-refractivity contribution in [3.05, 3.63) is 35.9 Å². The second-order valence-electron chi connectivity index (χ2n) is 3.61. The fraction of sp³-hybridized carbons (Fsp3) is 0.364.